The Bertz CT molecular complexity index is 708. The summed E-state index contributed by atoms with van der Waals surface area (Å²) in [5.74, 6) is -1.09. The third-order valence-corrected chi connectivity index (χ3v) is 5.28. The summed E-state index contributed by atoms with van der Waals surface area (Å²) in [6.07, 6.45) is 4.16. The maximum atomic E-state index is 12.6. The highest BCUT2D eigenvalue weighted by Gasteiger charge is 2.23. The van der Waals surface area contributed by atoms with E-state index in [-0.39, 0.29) is 12.3 Å². The Balaban J connectivity index is 1.81. The molecule has 1 heterocycles. The van der Waals surface area contributed by atoms with Gasteiger partial charge in [-0.05, 0) is 36.8 Å². The second-order valence-corrected chi connectivity index (χ2v) is 6.76. The fraction of sp³-hybridized carbons (Fsp3) is 0.333. The van der Waals surface area contributed by atoms with Crippen LogP contribution in [0, 0.1) is 0 Å². The molecule has 1 unspecified atom stereocenters. The van der Waals surface area contributed by atoms with E-state index in [1.165, 1.54) is 11.3 Å². The fourth-order valence-corrected chi connectivity index (χ4v) is 4.16. The van der Waals surface area contributed by atoms with Crippen LogP contribution in [0.5, 0.6) is 0 Å². The van der Waals surface area contributed by atoms with Gasteiger partial charge in [-0.3, -0.25) is 9.59 Å². The standard InChI is InChI=1S/C18H19NO3S/c20-17(21)10-15(12-6-2-1-3-7-12)19-18(22)14-11-23-16-9-5-4-8-13(14)16/h1-3,6-7,11,15H,4-5,8-10H2,(H,19,22)(H,20,21). The molecule has 0 spiro atoms. The Morgan fingerprint density at radius 1 is 1.17 bits per heavy atom. The van der Waals surface area contributed by atoms with E-state index in [0.717, 1.165) is 36.0 Å². The summed E-state index contributed by atoms with van der Waals surface area (Å²) in [6.45, 7) is 0. The summed E-state index contributed by atoms with van der Waals surface area (Å²) >= 11 is 1.64. The number of hydrogen-bond acceptors (Lipinski definition) is 3. The molecule has 0 bridgehead atoms. The zero-order chi connectivity index (χ0) is 16.2. The molecule has 1 amide bonds. The van der Waals surface area contributed by atoms with Crippen molar-refractivity contribution in [2.75, 3.05) is 0 Å². The topological polar surface area (TPSA) is 66.4 Å². The van der Waals surface area contributed by atoms with Crippen molar-refractivity contribution in [3.63, 3.8) is 0 Å². The van der Waals surface area contributed by atoms with Gasteiger partial charge in [-0.25, -0.2) is 0 Å². The molecule has 5 heteroatoms. The molecule has 1 aromatic carbocycles. The average molecular weight is 329 g/mol. The van der Waals surface area contributed by atoms with Crippen molar-refractivity contribution in [2.45, 2.75) is 38.1 Å². The summed E-state index contributed by atoms with van der Waals surface area (Å²) in [6, 6.07) is 8.75. The number of nitrogens with one attached hydrogen (secondary N) is 1. The van der Waals surface area contributed by atoms with Crippen molar-refractivity contribution in [1.82, 2.24) is 5.32 Å². The highest BCUT2D eigenvalue weighted by molar-refractivity contribution is 7.10. The zero-order valence-electron chi connectivity index (χ0n) is 12.7. The van der Waals surface area contributed by atoms with Crippen molar-refractivity contribution in [2.24, 2.45) is 0 Å². The Kier molecular flexibility index (Phi) is 4.76. The van der Waals surface area contributed by atoms with Crippen LogP contribution in [0.1, 0.15) is 51.7 Å². The van der Waals surface area contributed by atoms with Gasteiger partial charge in [-0.2, -0.15) is 0 Å². The lowest BCUT2D eigenvalue weighted by Crippen LogP contribution is -2.30. The van der Waals surface area contributed by atoms with E-state index in [1.54, 1.807) is 11.3 Å². The minimum atomic E-state index is -0.925. The first-order valence-corrected chi connectivity index (χ1v) is 8.70. The fourth-order valence-electron chi connectivity index (χ4n) is 3.03. The molecule has 1 atom stereocenters. The van der Waals surface area contributed by atoms with Gasteiger partial charge in [0, 0.05) is 10.3 Å². The van der Waals surface area contributed by atoms with Crippen molar-refractivity contribution >= 4 is 23.2 Å². The summed E-state index contributed by atoms with van der Waals surface area (Å²) in [5.41, 5.74) is 2.68. The van der Waals surface area contributed by atoms with E-state index in [0.29, 0.717) is 0 Å². The monoisotopic (exact) mass is 329 g/mol. The summed E-state index contributed by atoms with van der Waals surface area (Å²) < 4.78 is 0. The molecule has 1 aliphatic carbocycles. The highest BCUT2D eigenvalue weighted by atomic mass is 32.1. The number of benzene rings is 1. The van der Waals surface area contributed by atoms with Crippen LogP contribution in [-0.4, -0.2) is 17.0 Å². The van der Waals surface area contributed by atoms with Crippen LogP contribution in [0.25, 0.3) is 0 Å². The van der Waals surface area contributed by atoms with Gasteiger partial charge in [0.15, 0.2) is 0 Å². The molecule has 0 aliphatic heterocycles. The number of aryl methyl sites for hydroxylation is 1. The number of carbonyl (C=O) groups is 2. The normalized spacial score (nSPS) is 14.8. The minimum Gasteiger partial charge on any atom is -0.481 e. The van der Waals surface area contributed by atoms with Gasteiger partial charge in [0.1, 0.15) is 0 Å². The van der Waals surface area contributed by atoms with E-state index in [9.17, 15) is 9.59 Å². The highest BCUT2D eigenvalue weighted by Crippen LogP contribution is 2.30. The van der Waals surface area contributed by atoms with Crippen molar-refractivity contribution in [1.29, 1.82) is 0 Å². The number of carboxylic acid groups (broad SMARTS) is 1. The number of aliphatic carboxylic acids is 1. The number of carbonyl (C=O) groups excluding carboxylic acids is 1. The van der Waals surface area contributed by atoms with E-state index in [1.807, 2.05) is 35.7 Å². The SMILES string of the molecule is O=C(O)CC(NC(=O)c1csc2c1CCCC2)c1ccccc1. The van der Waals surface area contributed by atoms with Crippen LogP contribution in [0.2, 0.25) is 0 Å². The molecule has 2 N–H and O–H groups in total. The summed E-state index contributed by atoms with van der Waals surface area (Å²) in [4.78, 5) is 25.1. The largest absolute Gasteiger partial charge is 0.481 e. The molecule has 0 saturated heterocycles. The molecule has 120 valence electrons. The quantitative estimate of drug-likeness (QED) is 0.881. The summed E-state index contributed by atoms with van der Waals surface area (Å²) in [7, 11) is 0. The maximum absolute atomic E-state index is 12.6. The number of thiophene rings is 1. The molecule has 23 heavy (non-hydrogen) atoms. The van der Waals surface area contributed by atoms with Gasteiger partial charge in [0.25, 0.3) is 5.91 Å². The first kappa shape index (κ1) is 15.7. The van der Waals surface area contributed by atoms with Crippen LogP contribution in [-0.2, 0) is 17.6 Å². The first-order valence-electron chi connectivity index (χ1n) is 7.82. The van der Waals surface area contributed by atoms with Gasteiger partial charge in [0.2, 0.25) is 0 Å². The van der Waals surface area contributed by atoms with Crippen LogP contribution in [0.4, 0.5) is 0 Å². The van der Waals surface area contributed by atoms with E-state index >= 15 is 0 Å². The van der Waals surface area contributed by atoms with Crippen LogP contribution in [0.3, 0.4) is 0 Å². The van der Waals surface area contributed by atoms with E-state index < -0.39 is 12.0 Å². The second kappa shape index (κ2) is 6.96. The Labute approximate surface area is 139 Å². The van der Waals surface area contributed by atoms with Crippen molar-refractivity contribution in [3.8, 4) is 0 Å². The van der Waals surface area contributed by atoms with Gasteiger partial charge in [-0.15, -0.1) is 11.3 Å². The molecule has 2 aromatic rings. The predicted octanol–water partition coefficient (Wildman–Crippen LogP) is 3.57. The Morgan fingerprint density at radius 2 is 1.91 bits per heavy atom. The van der Waals surface area contributed by atoms with E-state index in [4.69, 9.17) is 5.11 Å². The molecule has 0 fully saturated rings. The number of rotatable bonds is 5. The molecule has 1 aliphatic rings. The van der Waals surface area contributed by atoms with E-state index in [2.05, 4.69) is 5.32 Å². The number of hydrogen-bond donors (Lipinski definition) is 2. The first-order chi connectivity index (χ1) is 11.1. The third kappa shape index (κ3) is 3.62. The smallest absolute Gasteiger partial charge is 0.305 e. The van der Waals surface area contributed by atoms with Gasteiger partial charge >= 0.3 is 5.97 Å². The third-order valence-electron chi connectivity index (χ3n) is 4.19. The lowest BCUT2D eigenvalue weighted by molar-refractivity contribution is -0.137. The molecule has 1 aromatic heterocycles. The lowest BCUT2D eigenvalue weighted by Gasteiger charge is -2.18. The molecule has 3 rings (SSSR count). The molecular formula is C18H19NO3S. The molecular weight excluding hydrogens is 310 g/mol. The van der Waals surface area contributed by atoms with Gasteiger partial charge in [-0.1, -0.05) is 30.3 Å². The molecule has 4 nitrogen and oxygen atoms in total. The Hall–Kier alpha value is -2.14. The predicted molar refractivity (Wildman–Crippen MR) is 89.9 cm³/mol. The van der Waals surface area contributed by atoms with Crippen LogP contribution in [0.15, 0.2) is 35.7 Å². The number of carboxylic acids is 1. The van der Waals surface area contributed by atoms with Crippen molar-refractivity contribution in [3.05, 3.63) is 57.3 Å². The van der Waals surface area contributed by atoms with Crippen LogP contribution >= 0.6 is 11.3 Å². The number of fused-ring (bicyclic) bond motifs is 1. The average Bonchev–Trinajstić information content (AvgIpc) is 2.99. The zero-order valence-corrected chi connectivity index (χ0v) is 13.6. The maximum Gasteiger partial charge on any atom is 0.305 e. The molecule has 0 radical (unpaired) electrons. The van der Waals surface area contributed by atoms with Gasteiger partial charge < -0.3 is 10.4 Å². The lowest BCUT2D eigenvalue weighted by atomic mass is 9.95. The Morgan fingerprint density at radius 3 is 2.65 bits per heavy atom. The van der Waals surface area contributed by atoms with Crippen molar-refractivity contribution < 1.29 is 14.7 Å². The second-order valence-electron chi connectivity index (χ2n) is 5.79. The summed E-state index contributed by atoms with van der Waals surface area (Å²) in [5, 5.41) is 13.9. The number of amides is 1. The minimum absolute atomic E-state index is 0.123. The van der Waals surface area contributed by atoms with Gasteiger partial charge in [0.05, 0.1) is 18.0 Å². The van der Waals surface area contributed by atoms with Crippen LogP contribution < -0.4 is 5.32 Å². The molecule has 0 saturated carbocycles.